The number of benzene rings is 1. The van der Waals surface area contributed by atoms with Gasteiger partial charge in [0.2, 0.25) is 0 Å². The largest absolute Gasteiger partial charge is 0.306 e. The summed E-state index contributed by atoms with van der Waals surface area (Å²) < 4.78 is 3.18. The van der Waals surface area contributed by atoms with Gasteiger partial charge in [0.25, 0.3) is 0 Å². The molecule has 0 bridgehead atoms. The highest BCUT2D eigenvalue weighted by atomic mass is 79.9. The Bertz CT molecular complexity index is 486. The van der Waals surface area contributed by atoms with Crippen molar-refractivity contribution < 1.29 is 0 Å². The van der Waals surface area contributed by atoms with Crippen molar-refractivity contribution in [2.24, 2.45) is 0 Å². The van der Waals surface area contributed by atoms with Gasteiger partial charge in [-0.2, -0.15) is 0 Å². The molecule has 1 heterocycles. The molecular formula is C12H11BrN2. The molecule has 0 saturated heterocycles. The maximum Gasteiger partial charge on any atom is 0.0995 e. The van der Waals surface area contributed by atoms with Crippen LogP contribution in [0.2, 0.25) is 0 Å². The van der Waals surface area contributed by atoms with Gasteiger partial charge in [-0.25, -0.2) is 4.98 Å². The molecule has 1 saturated carbocycles. The van der Waals surface area contributed by atoms with Gasteiger partial charge >= 0.3 is 0 Å². The van der Waals surface area contributed by atoms with E-state index in [0.717, 1.165) is 16.1 Å². The molecule has 15 heavy (non-hydrogen) atoms. The van der Waals surface area contributed by atoms with Gasteiger partial charge in [-0.05, 0) is 31.0 Å². The van der Waals surface area contributed by atoms with E-state index in [0.29, 0.717) is 0 Å². The Hall–Kier alpha value is -1.09. The highest BCUT2D eigenvalue weighted by molar-refractivity contribution is 9.10. The normalized spacial score (nSPS) is 15.5. The van der Waals surface area contributed by atoms with Crippen LogP contribution in [-0.4, -0.2) is 9.55 Å². The van der Waals surface area contributed by atoms with Gasteiger partial charge in [0.1, 0.15) is 0 Å². The number of halogens is 1. The van der Waals surface area contributed by atoms with Crippen LogP contribution in [0.1, 0.15) is 24.5 Å². The molecule has 0 spiro atoms. The quantitative estimate of drug-likeness (QED) is 0.810. The third-order valence-electron chi connectivity index (χ3n) is 2.70. The van der Waals surface area contributed by atoms with E-state index >= 15 is 0 Å². The summed E-state index contributed by atoms with van der Waals surface area (Å²) in [5.74, 6) is 0.721. The molecule has 76 valence electrons. The van der Waals surface area contributed by atoms with Crippen molar-refractivity contribution in [3.05, 3.63) is 47.0 Å². The van der Waals surface area contributed by atoms with E-state index in [4.69, 9.17) is 0 Å². The number of rotatable bonds is 2. The SMILES string of the molecule is Brc1cccc(-n2cnc(C3CC3)c2)c1. The predicted molar refractivity (Wildman–Crippen MR) is 63.2 cm³/mol. The van der Waals surface area contributed by atoms with Gasteiger partial charge in [0.15, 0.2) is 0 Å². The summed E-state index contributed by atoms with van der Waals surface area (Å²) in [6.45, 7) is 0. The molecule has 2 aromatic rings. The minimum atomic E-state index is 0.721. The fourth-order valence-electron chi connectivity index (χ4n) is 1.71. The van der Waals surface area contributed by atoms with Gasteiger partial charge < -0.3 is 4.57 Å². The highest BCUT2D eigenvalue weighted by Gasteiger charge is 2.25. The lowest BCUT2D eigenvalue weighted by molar-refractivity contribution is 1.05. The van der Waals surface area contributed by atoms with Gasteiger partial charge in [-0.3, -0.25) is 0 Å². The Kier molecular flexibility index (Phi) is 2.13. The monoisotopic (exact) mass is 262 g/mol. The van der Waals surface area contributed by atoms with Crippen LogP contribution < -0.4 is 0 Å². The minimum Gasteiger partial charge on any atom is -0.306 e. The summed E-state index contributed by atoms with van der Waals surface area (Å²) in [6.07, 6.45) is 6.64. The Morgan fingerprint density at radius 2 is 2.20 bits per heavy atom. The van der Waals surface area contributed by atoms with Crippen molar-refractivity contribution in [1.29, 1.82) is 0 Å². The van der Waals surface area contributed by atoms with E-state index in [1.165, 1.54) is 18.5 Å². The molecule has 2 nitrogen and oxygen atoms in total. The van der Waals surface area contributed by atoms with E-state index in [1.54, 1.807) is 0 Å². The summed E-state index contributed by atoms with van der Waals surface area (Å²) >= 11 is 3.47. The third-order valence-corrected chi connectivity index (χ3v) is 3.20. The molecule has 0 radical (unpaired) electrons. The summed E-state index contributed by atoms with van der Waals surface area (Å²) in [4.78, 5) is 4.43. The molecule has 1 aromatic heterocycles. The van der Waals surface area contributed by atoms with Crippen molar-refractivity contribution in [3.63, 3.8) is 0 Å². The molecule has 0 N–H and O–H groups in total. The Morgan fingerprint density at radius 3 is 2.93 bits per heavy atom. The molecule has 0 atom stereocenters. The molecule has 1 aliphatic rings. The number of hydrogen-bond donors (Lipinski definition) is 0. The van der Waals surface area contributed by atoms with E-state index in [9.17, 15) is 0 Å². The van der Waals surface area contributed by atoms with Crippen LogP contribution in [0.5, 0.6) is 0 Å². The zero-order valence-electron chi connectivity index (χ0n) is 8.23. The maximum atomic E-state index is 4.43. The first kappa shape index (κ1) is 9.16. The standard InChI is InChI=1S/C12H11BrN2/c13-10-2-1-3-11(6-10)15-7-12(14-8-15)9-4-5-9/h1-3,6-9H,4-5H2. The molecule has 0 aliphatic heterocycles. The van der Waals surface area contributed by atoms with Gasteiger partial charge in [0, 0.05) is 22.3 Å². The molecule has 0 unspecified atom stereocenters. The Morgan fingerprint density at radius 1 is 1.33 bits per heavy atom. The van der Waals surface area contributed by atoms with Crippen molar-refractivity contribution in [1.82, 2.24) is 9.55 Å². The maximum absolute atomic E-state index is 4.43. The van der Waals surface area contributed by atoms with Gasteiger partial charge in [-0.15, -0.1) is 0 Å². The summed E-state index contributed by atoms with van der Waals surface area (Å²) in [6, 6.07) is 8.25. The second-order valence-corrected chi connectivity index (χ2v) is 4.88. The zero-order valence-corrected chi connectivity index (χ0v) is 9.81. The number of aromatic nitrogens is 2. The summed E-state index contributed by atoms with van der Waals surface area (Å²) in [5, 5.41) is 0. The Labute approximate surface area is 97.1 Å². The smallest absolute Gasteiger partial charge is 0.0995 e. The van der Waals surface area contributed by atoms with Crippen LogP contribution in [0.3, 0.4) is 0 Å². The average Bonchev–Trinajstić information content (AvgIpc) is 2.97. The topological polar surface area (TPSA) is 17.8 Å². The fourth-order valence-corrected chi connectivity index (χ4v) is 2.09. The second-order valence-electron chi connectivity index (χ2n) is 3.96. The first-order chi connectivity index (χ1) is 7.33. The lowest BCUT2D eigenvalue weighted by atomic mass is 10.3. The molecule has 1 aliphatic carbocycles. The number of imidazole rings is 1. The first-order valence-electron chi connectivity index (χ1n) is 5.13. The van der Waals surface area contributed by atoms with Crippen LogP contribution >= 0.6 is 15.9 Å². The van der Waals surface area contributed by atoms with Crippen LogP contribution in [0, 0.1) is 0 Å². The third kappa shape index (κ3) is 1.84. The van der Waals surface area contributed by atoms with Gasteiger partial charge in [0.05, 0.1) is 12.0 Å². The number of hydrogen-bond acceptors (Lipinski definition) is 1. The minimum absolute atomic E-state index is 0.721. The summed E-state index contributed by atoms with van der Waals surface area (Å²) in [7, 11) is 0. The lowest BCUT2D eigenvalue weighted by Crippen LogP contribution is -1.88. The zero-order chi connectivity index (χ0) is 10.3. The lowest BCUT2D eigenvalue weighted by Gasteiger charge is -2.01. The number of nitrogens with zero attached hydrogens (tertiary/aromatic N) is 2. The van der Waals surface area contributed by atoms with E-state index < -0.39 is 0 Å². The van der Waals surface area contributed by atoms with Crippen LogP contribution in [-0.2, 0) is 0 Å². The van der Waals surface area contributed by atoms with E-state index in [-0.39, 0.29) is 0 Å². The van der Waals surface area contributed by atoms with Crippen LogP contribution in [0.25, 0.3) is 5.69 Å². The molecule has 3 heteroatoms. The molecule has 1 fully saturated rings. The molecule has 3 rings (SSSR count). The highest BCUT2D eigenvalue weighted by Crippen LogP contribution is 2.39. The van der Waals surface area contributed by atoms with Crippen molar-refractivity contribution in [2.45, 2.75) is 18.8 Å². The first-order valence-corrected chi connectivity index (χ1v) is 5.92. The van der Waals surface area contributed by atoms with E-state index in [1.807, 2.05) is 18.5 Å². The van der Waals surface area contributed by atoms with Crippen molar-refractivity contribution in [2.75, 3.05) is 0 Å². The Balaban J connectivity index is 1.97. The second kappa shape index (κ2) is 3.49. The van der Waals surface area contributed by atoms with Gasteiger partial charge in [-0.1, -0.05) is 22.0 Å². The summed E-state index contributed by atoms with van der Waals surface area (Å²) in [5.41, 5.74) is 2.39. The fraction of sp³-hybridized carbons (Fsp3) is 0.250. The molecule has 1 aromatic carbocycles. The molecule has 0 amide bonds. The van der Waals surface area contributed by atoms with E-state index in [2.05, 4.69) is 43.8 Å². The van der Waals surface area contributed by atoms with Crippen molar-refractivity contribution in [3.8, 4) is 5.69 Å². The van der Waals surface area contributed by atoms with Crippen LogP contribution in [0.4, 0.5) is 0 Å². The van der Waals surface area contributed by atoms with Crippen molar-refractivity contribution >= 4 is 15.9 Å². The van der Waals surface area contributed by atoms with Crippen LogP contribution in [0.15, 0.2) is 41.3 Å². The average molecular weight is 263 g/mol. The molecular weight excluding hydrogens is 252 g/mol. The predicted octanol–water partition coefficient (Wildman–Crippen LogP) is 3.51.